The molecule has 22 heavy (non-hydrogen) atoms. The van der Waals surface area contributed by atoms with Crippen LogP contribution in [0, 0.1) is 23.3 Å². The van der Waals surface area contributed by atoms with Crippen molar-refractivity contribution in [3.05, 3.63) is 65.2 Å². The van der Waals surface area contributed by atoms with Gasteiger partial charge >= 0.3 is 6.03 Å². The molecule has 2 rings (SSSR count). The van der Waals surface area contributed by atoms with Gasteiger partial charge in [0, 0.05) is 31.3 Å². The molecule has 0 saturated heterocycles. The summed E-state index contributed by atoms with van der Waals surface area (Å²) in [5.74, 6) is -3.19. The van der Waals surface area contributed by atoms with Crippen molar-refractivity contribution in [3.63, 3.8) is 0 Å². The fourth-order valence-corrected chi connectivity index (χ4v) is 1.78. The summed E-state index contributed by atoms with van der Waals surface area (Å²) in [4.78, 5) is 13.0. The van der Waals surface area contributed by atoms with Crippen molar-refractivity contribution in [2.75, 3.05) is 12.4 Å². The number of urea groups is 1. The van der Waals surface area contributed by atoms with Crippen LogP contribution in [0.5, 0.6) is 0 Å². The van der Waals surface area contributed by atoms with Crippen molar-refractivity contribution < 1.29 is 22.4 Å². The third-order valence-electron chi connectivity index (χ3n) is 2.94. The summed E-state index contributed by atoms with van der Waals surface area (Å²) in [6.07, 6.45) is 0. The lowest BCUT2D eigenvalue weighted by atomic mass is 10.2. The molecule has 2 amide bonds. The van der Waals surface area contributed by atoms with Gasteiger partial charge in [-0.1, -0.05) is 6.07 Å². The monoisotopic (exact) mass is 312 g/mol. The van der Waals surface area contributed by atoms with E-state index in [2.05, 4.69) is 5.32 Å². The molecular formula is C15H12F4N2O. The predicted octanol–water partition coefficient (Wildman–Crippen LogP) is 3.91. The Morgan fingerprint density at radius 1 is 1.00 bits per heavy atom. The van der Waals surface area contributed by atoms with E-state index in [0.717, 1.165) is 23.1 Å². The van der Waals surface area contributed by atoms with Crippen LogP contribution in [0.15, 0.2) is 36.4 Å². The number of nitrogens with one attached hydrogen (secondary N) is 1. The third-order valence-corrected chi connectivity index (χ3v) is 2.94. The Kier molecular flexibility index (Phi) is 4.65. The van der Waals surface area contributed by atoms with Crippen LogP contribution < -0.4 is 5.32 Å². The molecule has 7 heteroatoms. The van der Waals surface area contributed by atoms with Crippen LogP contribution in [0.2, 0.25) is 0 Å². The number of hydrogen-bond acceptors (Lipinski definition) is 1. The normalized spacial score (nSPS) is 10.4. The largest absolute Gasteiger partial charge is 0.323 e. The summed E-state index contributed by atoms with van der Waals surface area (Å²) in [6.45, 7) is -0.138. The van der Waals surface area contributed by atoms with E-state index in [9.17, 15) is 22.4 Å². The summed E-state index contributed by atoms with van der Waals surface area (Å²) < 4.78 is 52.5. The Balaban J connectivity index is 2.05. The molecule has 3 nitrogen and oxygen atoms in total. The quantitative estimate of drug-likeness (QED) is 0.856. The molecule has 0 aliphatic heterocycles. The zero-order valence-electron chi connectivity index (χ0n) is 11.5. The van der Waals surface area contributed by atoms with Crippen LogP contribution in [-0.4, -0.2) is 18.0 Å². The second-order valence-corrected chi connectivity index (χ2v) is 4.65. The molecule has 0 heterocycles. The lowest BCUT2D eigenvalue weighted by molar-refractivity contribution is 0.220. The second kappa shape index (κ2) is 6.46. The number of carbonyl (C=O) groups is 1. The van der Waals surface area contributed by atoms with Gasteiger partial charge < -0.3 is 10.2 Å². The molecule has 0 fully saturated rings. The number of anilines is 1. The molecule has 0 radical (unpaired) electrons. The zero-order chi connectivity index (χ0) is 16.3. The summed E-state index contributed by atoms with van der Waals surface area (Å²) in [7, 11) is 1.36. The maximum absolute atomic E-state index is 13.5. The standard InChI is InChI=1S/C15H12F4N2O/c1-21(8-9-2-3-10(16)6-12(9)18)15(22)20-14-5-4-11(17)7-13(14)19/h2-7H,8H2,1H3,(H,20,22). The van der Waals surface area contributed by atoms with Gasteiger partial charge in [-0.3, -0.25) is 0 Å². The lowest BCUT2D eigenvalue weighted by Crippen LogP contribution is -2.31. The molecule has 2 aromatic carbocycles. The van der Waals surface area contributed by atoms with Crippen molar-refractivity contribution in [3.8, 4) is 0 Å². The maximum atomic E-state index is 13.5. The van der Waals surface area contributed by atoms with Gasteiger partial charge in [-0.05, 0) is 18.2 Å². The number of halogens is 4. The number of carbonyl (C=O) groups excluding carboxylic acids is 1. The fourth-order valence-electron chi connectivity index (χ4n) is 1.78. The zero-order valence-corrected chi connectivity index (χ0v) is 11.5. The Hall–Kier alpha value is -2.57. The van der Waals surface area contributed by atoms with Crippen LogP contribution in [0.4, 0.5) is 28.0 Å². The van der Waals surface area contributed by atoms with Crippen molar-refractivity contribution in [1.82, 2.24) is 4.90 Å². The Bertz CT molecular complexity index is 706. The number of rotatable bonds is 3. The Morgan fingerprint density at radius 2 is 1.59 bits per heavy atom. The first-order valence-corrected chi connectivity index (χ1v) is 6.28. The van der Waals surface area contributed by atoms with Gasteiger partial charge in [-0.25, -0.2) is 22.4 Å². The second-order valence-electron chi connectivity index (χ2n) is 4.65. The molecule has 2 aromatic rings. The van der Waals surface area contributed by atoms with Gasteiger partial charge in [0.25, 0.3) is 0 Å². The van der Waals surface area contributed by atoms with Crippen LogP contribution in [0.3, 0.4) is 0 Å². The summed E-state index contributed by atoms with van der Waals surface area (Å²) in [6, 6.07) is 4.99. The molecule has 0 spiro atoms. The highest BCUT2D eigenvalue weighted by Gasteiger charge is 2.14. The summed E-state index contributed by atoms with van der Waals surface area (Å²) in [5.41, 5.74) is -0.0866. The third kappa shape index (κ3) is 3.75. The van der Waals surface area contributed by atoms with Crippen LogP contribution in [0.25, 0.3) is 0 Å². The maximum Gasteiger partial charge on any atom is 0.321 e. The van der Waals surface area contributed by atoms with E-state index in [4.69, 9.17) is 0 Å². The number of nitrogens with zero attached hydrogens (tertiary/aromatic N) is 1. The highest BCUT2D eigenvalue weighted by molar-refractivity contribution is 5.89. The molecule has 0 aromatic heterocycles. The smallest absolute Gasteiger partial charge is 0.321 e. The van der Waals surface area contributed by atoms with Gasteiger partial charge in [-0.2, -0.15) is 0 Å². The average Bonchev–Trinajstić information content (AvgIpc) is 2.44. The SMILES string of the molecule is CN(Cc1ccc(F)cc1F)C(=O)Nc1ccc(F)cc1F. The highest BCUT2D eigenvalue weighted by Crippen LogP contribution is 2.16. The van der Waals surface area contributed by atoms with E-state index < -0.39 is 29.3 Å². The van der Waals surface area contributed by atoms with E-state index in [-0.39, 0.29) is 17.8 Å². The first-order chi connectivity index (χ1) is 10.4. The van der Waals surface area contributed by atoms with Crippen molar-refractivity contribution >= 4 is 11.7 Å². The van der Waals surface area contributed by atoms with Crippen LogP contribution in [-0.2, 0) is 6.54 Å². The molecule has 0 saturated carbocycles. The predicted molar refractivity (Wildman–Crippen MR) is 73.2 cm³/mol. The first kappa shape index (κ1) is 15.8. The first-order valence-electron chi connectivity index (χ1n) is 6.28. The lowest BCUT2D eigenvalue weighted by Gasteiger charge is -2.18. The molecule has 0 aliphatic carbocycles. The van der Waals surface area contributed by atoms with Gasteiger partial charge in [0.2, 0.25) is 0 Å². The van der Waals surface area contributed by atoms with Gasteiger partial charge in [0.15, 0.2) is 0 Å². The summed E-state index contributed by atoms with van der Waals surface area (Å²) in [5, 5.41) is 2.24. The average molecular weight is 312 g/mol. The Morgan fingerprint density at radius 3 is 2.18 bits per heavy atom. The number of hydrogen-bond donors (Lipinski definition) is 1. The molecule has 0 bridgehead atoms. The fraction of sp³-hybridized carbons (Fsp3) is 0.133. The molecule has 116 valence electrons. The van der Waals surface area contributed by atoms with Gasteiger partial charge in [0.05, 0.1) is 5.69 Å². The van der Waals surface area contributed by atoms with Gasteiger partial charge in [-0.15, -0.1) is 0 Å². The van der Waals surface area contributed by atoms with Crippen molar-refractivity contribution in [2.45, 2.75) is 6.54 Å². The van der Waals surface area contributed by atoms with Crippen molar-refractivity contribution in [2.24, 2.45) is 0 Å². The Labute approximate surface area is 124 Å². The topological polar surface area (TPSA) is 32.3 Å². The van der Waals surface area contributed by atoms with Crippen LogP contribution >= 0.6 is 0 Å². The van der Waals surface area contributed by atoms with Crippen molar-refractivity contribution in [1.29, 1.82) is 0 Å². The van der Waals surface area contributed by atoms with E-state index >= 15 is 0 Å². The number of benzene rings is 2. The molecule has 0 aliphatic rings. The molecule has 1 N–H and O–H groups in total. The van der Waals surface area contributed by atoms with E-state index in [1.54, 1.807) is 0 Å². The molecular weight excluding hydrogens is 300 g/mol. The van der Waals surface area contributed by atoms with Gasteiger partial charge in [0.1, 0.15) is 23.3 Å². The minimum absolute atomic E-state index is 0.110. The molecule has 0 atom stereocenters. The van der Waals surface area contributed by atoms with Crippen LogP contribution in [0.1, 0.15) is 5.56 Å². The molecule has 0 unspecified atom stereocenters. The van der Waals surface area contributed by atoms with E-state index in [0.29, 0.717) is 12.1 Å². The minimum Gasteiger partial charge on any atom is -0.323 e. The van der Waals surface area contributed by atoms with E-state index in [1.165, 1.54) is 13.1 Å². The minimum atomic E-state index is -0.922. The van der Waals surface area contributed by atoms with E-state index in [1.807, 2.05) is 0 Å². The summed E-state index contributed by atoms with van der Waals surface area (Å²) >= 11 is 0. The number of amides is 2. The highest BCUT2D eigenvalue weighted by atomic mass is 19.1.